The zero-order valence-corrected chi connectivity index (χ0v) is 8.35. The largest absolute Gasteiger partial charge is 0.291 e. The molecule has 1 heterocycles. The SMILES string of the molecule is CN1CC(c2ccccc2)CC1C#N. The topological polar surface area (TPSA) is 27.0 Å². The molecule has 0 amide bonds. The van der Waals surface area contributed by atoms with E-state index in [9.17, 15) is 0 Å². The van der Waals surface area contributed by atoms with Crippen molar-refractivity contribution in [3.8, 4) is 6.07 Å². The minimum Gasteiger partial charge on any atom is -0.291 e. The van der Waals surface area contributed by atoms with Crippen molar-refractivity contribution in [2.75, 3.05) is 13.6 Å². The Bertz CT molecular complexity index is 339. The lowest BCUT2D eigenvalue weighted by molar-refractivity contribution is 0.360. The molecule has 2 atom stereocenters. The maximum absolute atomic E-state index is 8.91. The van der Waals surface area contributed by atoms with Crippen LogP contribution in [0.5, 0.6) is 0 Å². The molecule has 0 N–H and O–H groups in total. The molecule has 1 aliphatic rings. The summed E-state index contributed by atoms with van der Waals surface area (Å²) < 4.78 is 0. The van der Waals surface area contributed by atoms with Gasteiger partial charge in [0.2, 0.25) is 0 Å². The van der Waals surface area contributed by atoms with Crippen molar-refractivity contribution in [3.63, 3.8) is 0 Å². The Balaban J connectivity index is 2.13. The predicted octanol–water partition coefficient (Wildman–Crippen LogP) is 2.00. The third kappa shape index (κ3) is 1.64. The van der Waals surface area contributed by atoms with Gasteiger partial charge in [0.15, 0.2) is 0 Å². The standard InChI is InChI=1S/C12H14N2/c1-14-9-11(7-12(14)8-13)10-5-3-2-4-6-10/h2-6,11-12H,7,9H2,1H3. The summed E-state index contributed by atoms with van der Waals surface area (Å²) in [7, 11) is 2.02. The van der Waals surface area contributed by atoms with Crippen LogP contribution >= 0.6 is 0 Å². The maximum Gasteiger partial charge on any atom is 0.0981 e. The number of likely N-dealkylation sites (tertiary alicyclic amines) is 1. The Morgan fingerprint density at radius 3 is 2.64 bits per heavy atom. The average molecular weight is 186 g/mol. The Kier molecular flexibility index (Phi) is 2.51. The fourth-order valence-electron chi connectivity index (χ4n) is 2.12. The number of hydrogen-bond donors (Lipinski definition) is 0. The highest BCUT2D eigenvalue weighted by molar-refractivity contribution is 5.22. The van der Waals surface area contributed by atoms with Gasteiger partial charge in [-0.15, -0.1) is 0 Å². The Morgan fingerprint density at radius 2 is 2.07 bits per heavy atom. The molecular formula is C12H14N2. The van der Waals surface area contributed by atoms with Crippen LogP contribution in [-0.2, 0) is 0 Å². The van der Waals surface area contributed by atoms with Gasteiger partial charge in [0.1, 0.15) is 0 Å². The van der Waals surface area contributed by atoms with Crippen LogP contribution in [0.4, 0.5) is 0 Å². The lowest BCUT2D eigenvalue weighted by atomic mass is 9.97. The van der Waals surface area contributed by atoms with Gasteiger partial charge in [-0.3, -0.25) is 4.90 Å². The van der Waals surface area contributed by atoms with Crippen molar-refractivity contribution in [1.82, 2.24) is 4.90 Å². The minimum atomic E-state index is 0.0974. The molecule has 1 saturated heterocycles. The van der Waals surface area contributed by atoms with E-state index in [0.717, 1.165) is 13.0 Å². The third-order valence-electron chi connectivity index (χ3n) is 2.97. The van der Waals surface area contributed by atoms with Crippen LogP contribution < -0.4 is 0 Å². The molecule has 0 aliphatic carbocycles. The molecule has 2 heteroatoms. The summed E-state index contributed by atoms with van der Waals surface area (Å²) >= 11 is 0. The fraction of sp³-hybridized carbons (Fsp3) is 0.417. The van der Waals surface area contributed by atoms with Gasteiger partial charge in [0, 0.05) is 6.54 Å². The second-order valence-corrected chi connectivity index (χ2v) is 3.93. The lowest BCUT2D eigenvalue weighted by Gasteiger charge is -2.10. The van der Waals surface area contributed by atoms with E-state index in [-0.39, 0.29) is 6.04 Å². The van der Waals surface area contributed by atoms with E-state index in [4.69, 9.17) is 5.26 Å². The number of benzene rings is 1. The molecule has 2 unspecified atom stereocenters. The van der Waals surface area contributed by atoms with Gasteiger partial charge in [-0.1, -0.05) is 30.3 Å². The normalized spacial score (nSPS) is 27.4. The van der Waals surface area contributed by atoms with Crippen molar-refractivity contribution < 1.29 is 0 Å². The Hall–Kier alpha value is -1.33. The highest BCUT2D eigenvalue weighted by Gasteiger charge is 2.29. The summed E-state index contributed by atoms with van der Waals surface area (Å²) in [6.45, 7) is 1.00. The number of hydrogen-bond acceptors (Lipinski definition) is 2. The Labute approximate surface area is 84.8 Å². The summed E-state index contributed by atoms with van der Waals surface area (Å²) in [5.41, 5.74) is 1.36. The molecule has 0 spiro atoms. The number of rotatable bonds is 1. The summed E-state index contributed by atoms with van der Waals surface area (Å²) in [5, 5.41) is 8.91. The van der Waals surface area contributed by atoms with Crippen LogP contribution in [0.2, 0.25) is 0 Å². The number of nitrogens with zero attached hydrogens (tertiary/aromatic N) is 2. The zero-order valence-electron chi connectivity index (χ0n) is 8.35. The van der Waals surface area contributed by atoms with Crippen LogP contribution in [0, 0.1) is 11.3 Å². The first-order valence-electron chi connectivity index (χ1n) is 4.96. The number of likely N-dealkylation sites (N-methyl/N-ethyl adjacent to an activating group) is 1. The monoisotopic (exact) mass is 186 g/mol. The molecule has 2 rings (SSSR count). The molecule has 0 aromatic heterocycles. The molecular weight excluding hydrogens is 172 g/mol. The molecule has 14 heavy (non-hydrogen) atoms. The van der Waals surface area contributed by atoms with Crippen LogP contribution in [-0.4, -0.2) is 24.5 Å². The van der Waals surface area contributed by atoms with Gasteiger partial charge in [0.05, 0.1) is 12.1 Å². The number of nitriles is 1. The smallest absolute Gasteiger partial charge is 0.0981 e. The zero-order chi connectivity index (χ0) is 9.97. The van der Waals surface area contributed by atoms with Crippen molar-refractivity contribution >= 4 is 0 Å². The van der Waals surface area contributed by atoms with Crippen molar-refractivity contribution in [2.45, 2.75) is 18.4 Å². The van der Waals surface area contributed by atoms with Gasteiger partial charge >= 0.3 is 0 Å². The van der Waals surface area contributed by atoms with E-state index in [1.165, 1.54) is 5.56 Å². The predicted molar refractivity (Wildman–Crippen MR) is 55.8 cm³/mol. The van der Waals surface area contributed by atoms with Crippen LogP contribution in [0.25, 0.3) is 0 Å². The molecule has 1 fully saturated rings. The van der Waals surface area contributed by atoms with E-state index >= 15 is 0 Å². The van der Waals surface area contributed by atoms with Gasteiger partial charge < -0.3 is 0 Å². The molecule has 0 saturated carbocycles. The van der Waals surface area contributed by atoms with Crippen LogP contribution in [0.3, 0.4) is 0 Å². The lowest BCUT2D eigenvalue weighted by Crippen LogP contribution is -2.22. The van der Waals surface area contributed by atoms with Crippen molar-refractivity contribution in [3.05, 3.63) is 35.9 Å². The van der Waals surface area contributed by atoms with E-state index in [2.05, 4.69) is 35.2 Å². The summed E-state index contributed by atoms with van der Waals surface area (Å²) in [5.74, 6) is 0.533. The fourth-order valence-corrected chi connectivity index (χ4v) is 2.12. The molecule has 1 aliphatic heterocycles. The van der Waals surface area contributed by atoms with Crippen molar-refractivity contribution in [2.24, 2.45) is 0 Å². The summed E-state index contributed by atoms with van der Waals surface area (Å²) in [4.78, 5) is 2.14. The van der Waals surface area contributed by atoms with E-state index < -0.39 is 0 Å². The first-order valence-corrected chi connectivity index (χ1v) is 4.96. The summed E-state index contributed by atoms with van der Waals surface area (Å²) in [6.07, 6.45) is 0.969. The highest BCUT2D eigenvalue weighted by Crippen LogP contribution is 2.29. The second kappa shape index (κ2) is 3.81. The van der Waals surface area contributed by atoms with Gasteiger partial charge in [0.25, 0.3) is 0 Å². The Morgan fingerprint density at radius 1 is 1.36 bits per heavy atom. The quantitative estimate of drug-likeness (QED) is 0.670. The first-order chi connectivity index (χ1) is 6.81. The minimum absolute atomic E-state index is 0.0974. The van der Waals surface area contributed by atoms with Crippen LogP contribution in [0.15, 0.2) is 30.3 Å². The highest BCUT2D eigenvalue weighted by atomic mass is 15.1. The molecule has 0 radical (unpaired) electrons. The van der Waals surface area contributed by atoms with E-state index in [0.29, 0.717) is 5.92 Å². The van der Waals surface area contributed by atoms with Crippen LogP contribution in [0.1, 0.15) is 17.9 Å². The van der Waals surface area contributed by atoms with Gasteiger partial charge in [-0.05, 0) is 24.9 Å². The van der Waals surface area contributed by atoms with E-state index in [1.807, 2.05) is 13.1 Å². The second-order valence-electron chi connectivity index (χ2n) is 3.93. The van der Waals surface area contributed by atoms with Crippen molar-refractivity contribution in [1.29, 1.82) is 5.26 Å². The third-order valence-corrected chi connectivity index (χ3v) is 2.97. The first kappa shape index (κ1) is 9.23. The molecule has 1 aromatic rings. The summed E-state index contributed by atoms with van der Waals surface area (Å²) in [6, 6.07) is 12.9. The van der Waals surface area contributed by atoms with Gasteiger partial charge in [-0.2, -0.15) is 5.26 Å². The maximum atomic E-state index is 8.91. The van der Waals surface area contributed by atoms with Gasteiger partial charge in [-0.25, -0.2) is 0 Å². The molecule has 1 aromatic carbocycles. The molecule has 0 bridgehead atoms. The average Bonchev–Trinajstić information content (AvgIpc) is 2.61. The molecule has 72 valence electrons. The van der Waals surface area contributed by atoms with E-state index in [1.54, 1.807) is 0 Å². The molecule has 2 nitrogen and oxygen atoms in total.